The molecule has 0 unspecified atom stereocenters. The first-order valence-electron chi connectivity index (χ1n) is 9.07. The molecule has 142 valence electrons. The van der Waals surface area contributed by atoms with Crippen LogP contribution in [0.15, 0.2) is 64.1 Å². The zero-order valence-corrected chi connectivity index (χ0v) is 17.4. The second-order valence-corrected chi connectivity index (χ2v) is 9.19. The fourth-order valence-electron chi connectivity index (χ4n) is 3.74. The fourth-order valence-corrected chi connectivity index (χ4v) is 5.13. The molecule has 1 saturated heterocycles. The summed E-state index contributed by atoms with van der Waals surface area (Å²) in [7, 11) is 0. The molecule has 2 aliphatic rings. The number of hydrogen-bond donors (Lipinski definition) is 0. The Morgan fingerprint density at radius 3 is 2.79 bits per heavy atom. The van der Waals surface area contributed by atoms with Crippen molar-refractivity contribution < 1.29 is 4.42 Å². The molecular weight excluding hydrogens is 413 g/mol. The quantitative estimate of drug-likeness (QED) is 0.494. The van der Waals surface area contributed by atoms with Gasteiger partial charge in [-0.1, -0.05) is 48.0 Å². The Morgan fingerprint density at radius 1 is 1.11 bits per heavy atom. The lowest BCUT2D eigenvalue weighted by atomic mass is 10.0. The standard InChI is InChI=1S/C21H17Cl2N3OS/c1-12-11-26-20(19(25-21(26)28-12)16-4-2-3-9-24-16)18-8-7-17(27-18)13-5-6-14(22)15(23)10-13/h2-10,12,19-20H,11H2,1H3/t12-,19-,20-/m0/s1. The van der Waals surface area contributed by atoms with E-state index in [0.717, 1.165) is 34.5 Å². The van der Waals surface area contributed by atoms with Crippen molar-refractivity contribution in [3.05, 3.63) is 76.2 Å². The Balaban J connectivity index is 1.53. The van der Waals surface area contributed by atoms with E-state index >= 15 is 0 Å². The lowest BCUT2D eigenvalue weighted by molar-refractivity contribution is 0.277. The van der Waals surface area contributed by atoms with Crippen molar-refractivity contribution in [3.63, 3.8) is 0 Å². The van der Waals surface area contributed by atoms with Crippen LogP contribution >= 0.6 is 35.0 Å². The van der Waals surface area contributed by atoms with Crippen molar-refractivity contribution in [3.8, 4) is 11.3 Å². The predicted molar refractivity (Wildman–Crippen MR) is 115 cm³/mol. The zero-order chi connectivity index (χ0) is 19.3. The van der Waals surface area contributed by atoms with Crippen LogP contribution in [-0.2, 0) is 0 Å². The van der Waals surface area contributed by atoms with E-state index in [1.165, 1.54) is 0 Å². The second-order valence-electron chi connectivity index (χ2n) is 6.97. The van der Waals surface area contributed by atoms with E-state index in [4.69, 9.17) is 32.6 Å². The number of halogens is 2. The summed E-state index contributed by atoms with van der Waals surface area (Å²) >= 11 is 14.0. The number of aliphatic imine (C=N–C) groups is 1. The van der Waals surface area contributed by atoms with E-state index < -0.39 is 0 Å². The number of aromatic nitrogens is 1. The normalized spacial score (nSPS) is 23.8. The van der Waals surface area contributed by atoms with Gasteiger partial charge in [-0.3, -0.25) is 4.98 Å². The smallest absolute Gasteiger partial charge is 0.161 e. The average molecular weight is 430 g/mol. The van der Waals surface area contributed by atoms with Crippen LogP contribution in [0.5, 0.6) is 0 Å². The molecule has 0 radical (unpaired) electrons. The third kappa shape index (κ3) is 3.11. The minimum Gasteiger partial charge on any atom is -0.459 e. The number of rotatable bonds is 3. The van der Waals surface area contributed by atoms with E-state index in [2.05, 4.69) is 16.8 Å². The maximum Gasteiger partial charge on any atom is 0.161 e. The van der Waals surface area contributed by atoms with Crippen molar-refractivity contribution in [1.29, 1.82) is 0 Å². The van der Waals surface area contributed by atoms with Gasteiger partial charge in [-0.05, 0) is 42.5 Å². The van der Waals surface area contributed by atoms with Crippen LogP contribution < -0.4 is 0 Å². The van der Waals surface area contributed by atoms with Crippen LogP contribution in [0.4, 0.5) is 0 Å². The number of amidine groups is 1. The number of fused-ring (bicyclic) bond motifs is 1. The minimum atomic E-state index is -0.0796. The molecule has 0 aliphatic carbocycles. The highest BCUT2D eigenvalue weighted by Gasteiger charge is 2.45. The molecule has 28 heavy (non-hydrogen) atoms. The topological polar surface area (TPSA) is 41.6 Å². The molecule has 0 amide bonds. The van der Waals surface area contributed by atoms with E-state index in [1.54, 1.807) is 6.07 Å². The van der Waals surface area contributed by atoms with Gasteiger partial charge in [0.05, 0.1) is 15.7 Å². The van der Waals surface area contributed by atoms with Gasteiger partial charge in [-0.2, -0.15) is 0 Å². The minimum absolute atomic E-state index is 0.00104. The monoisotopic (exact) mass is 429 g/mol. The Labute approximate surface area is 177 Å². The summed E-state index contributed by atoms with van der Waals surface area (Å²) in [5, 5.41) is 2.63. The van der Waals surface area contributed by atoms with Crippen molar-refractivity contribution in [2.75, 3.05) is 6.54 Å². The molecule has 3 atom stereocenters. The first-order valence-corrected chi connectivity index (χ1v) is 10.7. The largest absolute Gasteiger partial charge is 0.459 e. The van der Waals surface area contributed by atoms with E-state index in [0.29, 0.717) is 15.3 Å². The average Bonchev–Trinajstić information content (AvgIpc) is 3.38. The van der Waals surface area contributed by atoms with Gasteiger partial charge >= 0.3 is 0 Å². The van der Waals surface area contributed by atoms with Gasteiger partial charge in [0.2, 0.25) is 0 Å². The molecule has 1 aromatic carbocycles. The maximum atomic E-state index is 6.29. The predicted octanol–water partition coefficient (Wildman–Crippen LogP) is 6.24. The molecule has 4 nitrogen and oxygen atoms in total. The first kappa shape index (κ1) is 18.1. The zero-order valence-electron chi connectivity index (χ0n) is 15.0. The molecule has 3 aromatic rings. The summed E-state index contributed by atoms with van der Waals surface area (Å²) in [6.07, 6.45) is 1.81. The highest BCUT2D eigenvalue weighted by Crippen LogP contribution is 2.48. The molecule has 2 aromatic heterocycles. The molecule has 0 bridgehead atoms. The molecule has 2 aliphatic heterocycles. The maximum absolute atomic E-state index is 6.29. The van der Waals surface area contributed by atoms with Crippen LogP contribution in [0.3, 0.4) is 0 Å². The molecule has 7 heteroatoms. The number of furan rings is 1. The van der Waals surface area contributed by atoms with Crippen molar-refractivity contribution in [2.45, 2.75) is 24.3 Å². The number of pyridine rings is 1. The SMILES string of the molecule is C[C@H]1CN2C(=N[C@@H](c3ccccn3)[C@@H]2c2ccc(-c3ccc(Cl)c(Cl)c3)o2)S1. The van der Waals surface area contributed by atoms with Gasteiger partial charge in [0, 0.05) is 23.6 Å². The number of hydrogen-bond acceptors (Lipinski definition) is 5. The van der Waals surface area contributed by atoms with Crippen LogP contribution in [0, 0.1) is 0 Å². The Kier molecular flexibility index (Phi) is 4.62. The summed E-state index contributed by atoms with van der Waals surface area (Å²) in [4.78, 5) is 11.9. The van der Waals surface area contributed by atoms with Gasteiger partial charge in [0.1, 0.15) is 23.6 Å². The van der Waals surface area contributed by atoms with Gasteiger partial charge in [-0.25, -0.2) is 4.99 Å². The third-order valence-corrected chi connectivity index (χ3v) is 6.84. The second kappa shape index (κ2) is 7.14. The van der Waals surface area contributed by atoms with E-state index in [-0.39, 0.29) is 12.1 Å². The molecule has 1 fully saturated rings. The van der Waals surface area contributed by atoms with Crippen molar-refractivity contribution in [1.82, 2.24) is 9.88 Å². The van der Waals surface area contributed by atoms with E-state index in [9.17, 15) is 0 Å². The Morgan fingerprint density at radius 2 is 2.00 bits per heavy atom. The first-order chi connectivity index (χ1) is 13.6. The highest BCUT2D eigenvalue weighted by molar-refractivity contribution is 8.14. The number of benzene rings is 1. The van der Waals surface area contributed by atoms with Gasteiger partial charge < -0.3 is 9.32 Å². The van der Waals surface area contributed by atoms with Gasteiger partial charge in [0.25, 0.3) is 0 Å². The van der Waals surface area contributed by atoms with Crippen molar-refractivity contribution >= 4 is 40.1 Å². The van der Waals surface area contributed by atoms with Crippen molar-refractivity contribution in [2.24, 2.45) is 4.99 Å². The molecule has 0 spiro atoms. The molecular formula is C21H17Cl2N3OS. The van der Waals surface area contributed by atoms with Crippen LogP contribution in [-0.4, -0.2) is 26.8 Å². The summed E-state index contributed by atoms with van der Waals surface area (Å²) < 4.78 is 6.29. The van der Waals surface area contributed by atoms with Gasteiger partial charge in [-0.15, -0.1) is 0 Å². The summed E-state index contributed by atoms with van der Waals surface area (Å²) in [5.41, 5.74) is 1.86. The number of thioether (sulfide) groups is 1. The third-order valence-electron chi connectivity index (χ3n) is 5.00. The summed E-state index contributed by atoms with van der Waals surface area (Å²) in [5.74, 6) is 1.65. The Bertz CT molecular complexity index is 1050. The van der Waals surface area contributed by atoms with Gasteiger partial charge in [0.15, 0.2) is 5.17 Å². The molecule has 5 rings (SSSR count). The molecule has 0 saturated carbocycles. The fraction of sp³-hybridized carbons (Fsp3) is 0.238. The lowest BCUT2D eigenvalue weighted by Crippen LogP contribution is -2.28. The Hall–Kier alpha value is -1.95. The van der Waals surface area contributed by atoms with Crippen LogP contribution in [0.25, 0.3) is 11.3 Å². The summed E-state index contributed by atoms with van der Waals surface area (Å²) in [6, 6.07) is 15.4. The lowest BCUT2D eigenvalue weighted by Gasteiger charge is -2.25. The molecule has 4 heterocycles. The number of nitrogens with zero attached hydrogens (tertiary/aromatic N) is 3. The van der Waals surface area contributed by atoms with Crippen LogP contribution in [0.2, 0.25) is 10.0 Å². The van der Waals surface area contributed by atoms with E-state index in [1.807, 2.05) is 60.4 Å². The van der Waals surface area contributed by atoms with Crippen LogP contribution in [0.1, 0.15) is 30.5 Å². The molecule has 0 N–H and O–H groups in total. The highest BCUT2D eigenvalue weighted by atomic mass is 35.5. The summed E-state index contributed by atoms with van der Waals surface area (Å²) in [6.45, 7) is 3.17.